The van der Waals surface area contributed by atoms with E-state index >= 15 is 0 Å². The zero-order chi connectivity index (χ0) is 11.1. The fraction of sp³-hybridized carbons (Fsp3) is 0.333. The Morgan fingerprint density at radius 1 is 1.47 bits per heavy atom. The van der Waals surface area contributed by atoms with Crippen LogP contribution < -0.4 is 0 Å². The molecule has 1 heterocycles. The molecule has 0 fully saturated rings. The molecule has 1 aromatic carbocycles. The van der Waals surface area contributed by atoms with Crippen LogP contribution in [0.15, 0.2) is 24.4 Å². The number of fused-ring (bicyclic) bond motifs is 1. The average molecular weight is 201 g/mol. The summed E-state index contributed by atoms with van der Waals surface area (Å²) in [5, 5.41) is 5.05. The molecule has 3 heteroatoms. The van der Waals surface area contributed by atoms with E-state index < -0.39 is 5.41 Å². The van der Waals surface area contributed by atoms with E-state index in [-0.39, 0.29) is 5.91 Å². The van der Waals surface area contributed by atoms with E-state index in [0.717, 1.165) is 10.9 Å². The van der Waals surface area contributed by atoms with Gasteiger partial charge in [0, 0.05) is 10.8 Å². The van der Waals surface area contributed by atoms with E-state index in [0.29, 0.717) is 0 Å². The molecule has 0 atom stereocenters. The Morgan fingerprint density at radius 3 is 2.87 bits per heavy atom. The summed E-state index contributed by atoms with van der Waals surface area (Å²) in [4.78, 5) is 12.0. The molecule has 0 aliphatic carbocycles. The maximum absolute atomic E-state index is 12.0. The summed E-state index contributed by atoms with van der Waals surface area (Å²) >= 11 is 0. The zero-order valence-corrected chi connectivity index (χ0v) is 9.11. The van der Waals surface area contributed by atoms with Crippen molar-refractivity contribution in [2.24, 2.45) is 5.41 Å². The van der Waals surface area contributed by atoms with Gasteiger partial charge >= 0.3 is 0 Å². The molecule has 0 aliphatic rings. The highest BCUT2D eigenvalue weighted by Gasteiger charge is 2.24. The highest BCUT2D eigenvalue weighted by molar-refractivity contribution is 5.93. The second kappa shape index (κ2) is 3.19. The standard InChI is InChI=1S/C12H13N2O/c1-12(2,3)11(15)14-10-7-5-4-6-9(10)8-13-14/h5-8H,1-3H3. The Kier molecular flexibility index (Phi) is 2.11. The molecule has 0 aliphatic heterocycles. The predicted octanol–water partition coefficient (Wildman–Crippen LogP) is 2.52. The van der Waals surface area contributed by atoms with E-state index in [4.69, 9.17) is 0 Å². The zero-order valence-electron chi connectivity index (χ0n) is 9.11. The van der Waals surface area contributed by atoms with Gasteiger partial charge in [-0.2, -0.15) is 9.78 Å². The van der Waals surface area contributed by atoms with Gasteiger partial charge in [0.05, 0.1) is 11.7 Å². The Hall–Kier alpha value is -1.64. The first-order valence-corrected chi connectivity index (χ1v) is 4.89. The molecule has 0 saturated heterocycles. The molecule has 0 unspecified atom stereocenters. The first-order chi connectivity index (χ1) is 7.00. The smallest absolute Gasteiger partial charge is 0.252 e. The van der Waals surface area contributed by atoms with Crippen molar-refractivity contribution in [2.75, 3.05) is 0 Å². The minimum Gasteiger partial charge on any atom is -0.272 e. The minimum absolute atomic E-state index is 0.00343. The fourth-order valence-corrected chi connectivity index (χ4v) is 1.39. The van der Waals surface area contributed by atoms with Gasteiger partial charge < -0.3 is 0 Å². The molecule has 3 nitrogen and oxygen atoms in total. The number of aromatic nitrogens is 2. The molecule has 0 bridgehead atoms. The Morgan fingerprint density at radius 2 is 2.20 bits per heavy atom. The summed E-state index contributed by atoms with van der Waals surface area (Å²) in [5.41, 5.74) is 0.423. The van der Waals surface area contributed by atoms with Crippen LogP contribution in [-0.2, 0) is 0 Å². The van der Waals surface area contributed by atoms with Crippen molar-refractivity contribution in [1.29, 1.82) is 0 Å². The third-order valence-electron chi connectivity index (χ3n) is 2.25. The highest BCUT2D eigenvalue weighted by atomic mass is 16.2. The molecule has 0 N–H and O–H groups in total. The van der Waals surface area contributed by atoms with Crippen molar-refractivity contribution in [3.05, 3.63) is 30.5 Å². The first-order valence-electron chi connectivity index (χ1n) is 4.89. The van der Waals surface area contributed by atoms with Gasteiger partial charge in [-0.3, -0.25) is 4.79 Å². The van der Waals surface area contributed by atoms with Crippen LogP contribution in [0, 0.1) is 11.5 Å². The summed E-state index contributed by atoms with van der Waals surface area (Å²) in [6.45, 7) is 5.66. The summed E-state index contributed by atoms with van der Waals surface area (Å²) < 4.78 is 1.46. The number of benzene rings is 1. The van der Waals surface area contributed by atoms with Crippen molar-refractivity contribution in [2.45, 2.75) is 20.8 Å². The van der Waals surface area contributed by atoms with Gasteiger partial charge in [0.1, 0.15) is 0 Å². The largest absolute Gasteiger partial charge is 0.272 e. The summed E-state index contributed by atoms with van der Waals surface area (Å²) in [6.07, 6.45) is 1.69. The molecular weight excluding hydrogens is 188 g/mol. The van der Waals surface area contributed by atoms with Gasteiger partial charge in [0.2, 0.25) is 0 Å². The molecule has 15 heavy (non-hydrogen) atoms. The Bertz CT molecular complexity index is 506. The van der Waals surface area contributed by atoms with Crippen LogP contribution in [0.25, 0.3) is 10.9 Å². The third-order valence-corrected chi connectivity index (χ3v) is 2.25. The normalized spacial score (nSPS) is 11.9. The second-order valence-electron chi connectivity index (χ2n) is 4.60. The number of nitrogens with zero attached hydrogens (tertiary/aromatic N) is 2. The molecule has 0 saturated carbocycles. The van der Waals surface area contributed by atoms with Gasteiger partial charge in [-0.1, -0.05) is 26.8 Å². The van der Waals surface area contributed by atoms with Crippen molar-refractivity contribution >= 4 is 16.8 Å². The van der Waals surface area contributed by atoms with Crippen LogP contribution >= 0.6 is 0 Å². The van der Waals surface area contributed by atoms with Crippen molar-refractivity contribution in [3.8, 4) is 0 Å². The lowest BCUT2D eigenvalue weighted by molar-refractivity contribution is 0.0755. The Labute approximate surface area is 88.7 Å². The maximum atomic E-state index is 12.0. The van der Waals surface area contributed by atoms with Gasteiger partial charge in [-0.15, -0.1) is 0 Å². The van der Waals surface area contributed by atoms with Crippen LogP contribution in [0.1, 0.15) is 25.6 Å². The number of hydrogen-bond donors (Lipinski definition) is 0. The summed E-state index contributed by atoms with van der Waals surface area (Å²) in [7, 11) is 0. The SMILES string of the molecule is CC(C)(C)C(=O)n1ncc2c[c]ccc21. The summed E-state index contributed by atoms with van der Waals surface area (Å²) in [6, 6.07) is 8.43. The molecule has 1 aromatic heterocycles. The van der Waals surface area contributed by atoms with Crippen molar-refractivity contribution in [3.63, 3.8) is 0 Å². The highest BCUT2D eigenvalue weighted by Crippen LogP contribution is 2.20. The number of carbonyl (C=O) groups excluding carboxylic acids is 1. The molecule has 77 valence electrons. The van der Waals surface area contributed by atoms with Gasteiger partial charge in [0.25, 0.3) is 5.91 Å². The van der Waals surface area contributed by atoms with Crippen LogP contribution in [-0.4, -0.2) is 15.7 Å². The molecule has 1 radical (unpaired) electrons. The van der Waals surface area contributed by atoms with Crippen LogP contribution in [0.3, 0.4) is 0 Å². The minimum atomic E-state index is -0.418. The van der Waals surface area contributed by atoms with E-state index in [1.54, 1.807) is 12.3 Å². The van der Waals surface area contributed by atoms with Crippen LogP contribution in [0.2, 0.25) is 0 Å². The molecule has 2 rings (SSSR count). The lowest BCUT2D eigenvalue weighted by Gasteiger charge is -2.16. The summed E-state index contributed by atoms with van der Waals surface area (Å²) in [5.74, 6) is 0.00343. The second-order valence-corrected chi connectivity index (χ2v) is 4.60. The monoisotopic (exact) mass is 201 g/mol. The lowest BCUT2D eigenvalue weighted by Crippen LogP contribution is -2.27. The van der Waals surface area contributed by atoms with Crippen molar-refractivity contribution in [1.82, 2.24) is 9.78 Å². The van der Waals surface area contributed by atoms with E-state index in [1.165, 1.54) is 4.68 Å². The van der Waals surface area contributed by atoms with Gasteiger partial charge in [-0.25, -0.2) is 0 Å². The number of carbonyl (C=O) groups is 1. The molecule has 0 spiro atoms. The van der Waals surface area contributed by atoms with Crippen LogP contribution in [0.5, 0.6) is 0 Å². The van der Waals surface area contributed by atoms with Gasteiger partial charge in [-0.05, 0) is 18.2 Å². The molecule has 2 aromatic rings. The number of hydrogen-bond acceptors (Lipinski definition) is 2. The van der Waals surface area contributed by atoms with E-state index in [1.807, 2.05) is 32.9 Å². The third kappa shape index (κ3) is 1.65. The Balaban J connectivity index is 2.58. The fourth-order valence-electron chi connectivity index (χ4n) is 1.39. The van der Waals surface area contributed by atoms with E-state index in [9.17, 15) is 4.79 Å². The van der Waals surface area contributed by atoms with Crippen molar-refractivity contribution < 1.29 is 4.79 Å². The first kappa shape index (κ1) is 9.90. The maximum Gasteiger partial charge on any atom is 0.252 e. The van der Waals surface area contributed by atoms with E-state index in [2.05, 4.69) is 11.2 Å². The quantitative estimate of drug-likeness (QED) is 0.656. The average Bonchev–Trinajstić information content (AvgIpc) is 2.58. The molecule has 0 amide bonds. The molecular formula is C12H13N2O. The predicted molar refractivity (Wildman–Crippen MR) is 58.7 cm³/mol. The van der Waals surface area contributed by atoms with Gasteiger partial charge in [0.15, 0.2) is 0 Å². The number of rotatable bonds is 0. The van der Waals surface area contributed by atoms with Crippen LogP contribution in [0.4, 0.5) is 0 Å². The topological polar surface area (TPSA) is 34.9 Å². The lowest BCUT2D eigenvalue weighted by atomic mass is 9.96.